The number of hydrogen-bond acceptors (Lipinski definition) is 2. The summed E-state index contributed by atoms with van der Waals surface area (Å²) in [4.78, 5) is 12.6. The Balaban J connectivity index is 2.04. The molecular weight excluding hydrogens is 322 g/mol. The minimum atomic E-state index is -0.113. The molecule has 3 nitrogen and oxygen atoms in total. The molecular formula is C23H29NO2. The Labute approximate surface area is 157 Å². The zero-order valence-corrected chi connectivity index (χ0v) is 16.4. The summed E-state index contributed by atoms with van der Waals surface area (Å²) < 4.78 is 5.61. The van der Waals surface area contributed by atoms with Gasteiger partial charge in [-0.05, 0) is 54.2 Å². The molecule has 0 saturated carbocycles. The Morgan fingerprint density at radius 1 is 1.15 bits per heavy atom. The zero-order valence-electron chi connectivity index (χ0n) is 16.4. The van der Waals surface area contributed by atoms with Crippen LogP contribution >= 0.6 is 0 Å². The van der Waals surface area contributed by atoms with Gasteiger partial charge in [-0.3, -0.25) is 4.79 Å². The van der Waals surface area contributed by atoms with Gasteiger partial charge in [0.25, 0.3) is 5.91 Å². The molecule has 138 valence electrons. The number of nitrogens with one attached hydrogen (secondary N) is 1. The lowest BCUT2D eigenvalue weighted by atomic mass is 9.86. The fraction of sp³-hybridized carbons (Fsp3) is 0.348. The van der Waals surface area contributed by atoms with Crippen molar-refractivity contribution in [3.05, 3.63) is 77.4 Å². The van der Waals surface area contributed by atoms with E-state index < -0.39 is 0 Å². The highest BCUT2D eigenvalue weighted by atomic mass is 16.5. The van der Waals surface area contributed by atoms with Crippen LogP contribution in [0, 0.1) is 0 Å². The number of carbonyl (C=O) groups is 1. The van der Waals surface area contributed by atoms with Crippen molar-refractivity contribution in [3.8, 4) is 5.75 Å². The third-order valence-electron chi connectivity index (χ3n) is 4.21. The van der Waals surface area contributed by atoms with Crippen molar-refractivity contribution in [3.63, 3.8) is 0 Å². The minimum Gasteiger partial charge on any atom is -0.489 e. The van der Waals surface area contributed by atoms with Crippen LogP contribution in [0.2, 0.25) is 0 Å². The van der Waals surface area contributed by atoms with Crippen LogP contribution in [-0.4, -0.2) is 12.5 Å². The average molecular weight is 351 g/mol. The van der Waals surface area contributed by atoms with Crippen LogP contribution in [-0.2, 0) is 5.41 Å². The van der Waals surface area contributed by atoms with Gasteiger partial charge in [-0.2, -0.15) is 0 Å². The van der Waals surface area contributed by atoms with E-state index in [1.165, 1.54) is 5.56 Å². The molecule has 1 amide bonds. The molecule has 0 bridgehead atoms. The number of amides is 1. The van der Waals surface area contributed by atoms with Crippen LogP contribution in [0.4, 0.5) is 0 Å². The van der Waals surface area contributed by atoms with E-state index in [-0.39, 0.29) is 17.4 Å². The fourth-order valence-corrected chi connectivity index (χ4v) is 2.57. The van der Waals surface area contributed by atoms with Crippen molar-refractivity contribution in [1.29, 1.82) is 0 Å². The quantitative estimate of drug-likeness (QED) is 0.705. The molecule has 1 N–H and O–H groups in total. The van der Waals surface area contributed by atoms with Crippen LogP contribution in [0.3, 0.4) is 0 Å². The average Bonchev–Trinajstić information content (AvgIpc) is 2.59. The molecule has 0 unspecified atom stereocenters. The minimum absolute atomic E-state index is 0.0727. The first kappa shape index (κ1) is 19.8. The van der Waals surface area contributed by atoms with Crippen LogP contribution in [0.1, 0.15) is 62.1 Å². The number of carbonyl (C=O) groups excluding carboxylic acids is 1. The normalized spacial score (nSPS) is 12.3. The molecule has 0 spiro atoms. The van der Waals surface area contributed by atoms with Gasteiger partial charge in [0.15, 0.2) is 0 Å². The first-order valence-corrected chi connectivity index (χ1v) is 8.95. The van der Waals surface area contributed by atoms with Gasteiger partial charge in [-0.25, -0.2) is 0 Å². The highest BCUT2D eigenvalue weighted by Crippen LogP contribution is 2.24. The standard InChI is InChI=1S/C23H29NO2/c1-16(2)15-26-21-9-7-8-19(14-21)22(25)24-17(3)18-10-12-20(13-11-18)23(4,5)6/h7-14,17H,1,15H2,2-6H3,(H,24,25)/t17-/m1/s1. The lowest BCUT2D eigenvalue weighted by Crippen LogP contribution is -2.26. The fourth-order valence-electron chi connectivity index (χ4n) is 2.57. The summed E-state index contributed by atoms with van der Waals surface area (Å²) >= 11 is 0. The predicted molar refractivity (Wildman–Crippen MR) is 108 cm³/mol. The van der Waals surface area contributed by atoms with E-state index in [4.69, 9.17) is 4.74 Å². The number of hydrogen-bond donors (Lipinski definition) is 1. The van der Waals surface area contributed by atoms with Crippen LogP contribution in [0.25, 0.3) is 0 Å². The van der Waals surface area contributed by atoms with Crippen molar-refractivity contribution in [2.75, 3.05) is 6.61 Å². The summed E-state index contributed by atoms with van der Waals surface area (Å²) in [6.45, 7) is 14.7. The molecule has 0 aromatic heterocycles. The highest BCUT2D eigenvalue weighted by Gasteiger charge is 2.15. The molecule has 0 aliphatic heterocycles. The maximum Gasteiger partial charge on any atom is 0.251 e. The molecule has 3 heteroatoms. The molecule has 2 aromatic rings. The summed E-state index contributed by atoms with van der Waals surface area (Å²) in [6, 6.07) is 15.6. The summed E-state index contributed by atoms with van der Waals surface area (Å²) in [5, 5.41) is 3.05. The van der Waals surface area contributed by atoms with E-state index in [0.29, 0.717) is 17.9 Å². The maximum absolute atomic E-state index is 12.6. The summed E-state index contributed by atoms with van der Waals surface area (Å²) in [5.74, 6) is 0.556. The zero-order chi connectivity index (χ0) is 19.3. The van der Waals surface area contributed by atoms with Crippen LogP contribution < -0.4 is 10.1 Å². The first-order chi connectivity index (χ1) is 12.2. The monoisotopic (exact) mass is 351 g/mol. The van der Waals surface area contributed by atoms with E-state index in [1.807, 2.05) is 26.0 Å². The van der Waals surface area contributed by atoms with Crippen molar-refractivity contribution >= 4 is 5.91 Å². The van der Waals surface area contributed by atoms with Gasteiger partial charge in [0.1, 0.15) is 12.4 Å². The van der Waals surface area contributed by atoms with Crippen molar-refractivity contribution < 1.29 is 9.53 Å². The molecule has 2 aromatic carbocycles. The second-order valence-electron chi connectivity index (χ2n) is 7.84. The van der Waals surface area contributed by atoms with E-state index in [9.17, 15) is 4.79 Å². The van der Waals surface area contributed by atoms with Gasteiger partial charge < -0.3 is 10.1 Å². The molecule has 2 rings (SSSR count). The van der Waals surface area contributed by atoms with Crippen molar-refractivity contribution in [1.82, 2.24) is 5.32 Å². The smallest absolute Gasteiger partial charge is 0.251 e. The molecule has 0 aliphatic carbocycles. The molecule has 0 radical (unpaired) electrons. The van der Waals surface area contributed by atoms with E-state index in [1.54, 1.807) is 12.1 Å². The largest absolute Gasteiger partial charge is 0.489 e. The van der Waals surface area contributed by atoms with Crippen LogP contribution in [0.15, 0.2) is 60.7 Å². The van der Waals surface area contributed by atoms with Gasteiger partial charge in [-0.1, -0.05) is 57.7 Å². The van der Waals surface area contributed by atoms with Gasteiger partial charge in [0.2, 0.25) is 0 Å². The van der Waals surface area contributed by atoms with Gasteiger partial charge in [-0.15, -0.1) is 0 Å². The third kappa shape index (κ3) is 5.48. The summed E-state index contributed by atoms with van der Waals surface area (Å²) in [7, 11) is 0. The summed E-state index contributed by atoms with van der Waals surface area (Å²) in [6.07, 6.45) is 0. The second kappa shape index (κ2) is 8.22. The number of ether oxygens (including phenoxy) is 1. The molecule has 0 fully saturated rings. The highest BCUT2D eigenvalue weighted by molar-refractivity contribution is 5.94. The van der Waals surface area contributed by atoms with Gasteiger partial charge in [0.05, 0.1) is 6.04 Å². The van der Waals surface area contributed by atoms with Crippen molar-refractivity contribution in [2.24, 2.45) is 0 Å². The molecule has 0 aliphatic rings. The molecule has 26 heavy (non-hydrogen) atoms. The van der Waals surface area contributed by atoms with E-state index in [2.05, 4.69) is 56.9 Å². The van der Waals surface area contributed by atoms with Gasteiger partial charge in [0, 0.05) is 5.56 Å². The number of rotatable bonds is 6. The molecule has 1 atom stereocenters. The summed E-state index contributed by atoms with van der Waals surface area (Å²) in [5.41, 5.74) is 4.01. The Bertz CT molecular complexity index is 770. The lowest BCUT2D eigenvalue weighted by Gasteiger charge is -2.21. The Kier molecular flexibility index (Phi) is 6.25. The topological polar surface area (TPSA) is 38.3 Å². The number of benzene rings is 2. The second-order valence-corrected chi connectivity index (χ2v) is 7.84. The molecule has 0 saturated heterocycles. The van der Waals surface area contributed by atoms with Gasteiger partial charge >= 0.3 is 0 Å². The Morgan fingerprint density at radius 2 is 1.81 bits per heavy atom. The maximum atomic E-state index is 12.6. The SMILES string of the molecule is C=C(C)COc1cccc(C(=O)N[C@H](C)c2ccc(C(C)(C)C)cc2)c1. The Morgan fingerprint density at radius 3 is 2.38 bits per heavy atom. The lowest BCUT2D eigenvalue weighted by molar-refractivity contribution is 0.0939. The molecule has 0 heterocycles. The van der Waals surface area contributed by atoms with Crippen LogP contribution in [0.5, 0.6) is 5.75 Å². The third-order valence-corrected chi connectivity index (χ3v) is 4.21. The predicted octanol–water partition coefficient (Wildman–Crippen LogP) is 5.43. The Hall–Kier alpha value is -2.55. The van der Waals surface area contributed by atoms with Crippen molar-refractivity contribution in [2.45, 2.75) is 46.1 Å². The van der Waals surface area contributed by atoms with E-state index in [0.717, 1.165) is 11.1 Å². The first-order valence-electron chi connectivity index (χ1n) is 8.95. The van der Waals surface area contributed by atoms with E-state index >= 15 is 0 Å².